The summed E-state index contributed by atoms with van der Waals surface area (Å²) in [5.41, 5.74) is 2.19. The number of amides is 2. The monoisotopic (exact) mass is 486 g/mol. The third-order valence-corrected chi connectivity index (χ3v) is 7.60. The summed E-state index contributed by atoms with van der Waals surface area (Å²) in [4.78, 5) is 28.3. The van der Waals surface area contributed by atoms with Crippen LogP contribution in [0.15, 0.2) is 54.6 Å². The summed E-state index contributed by atoms with van der Waals surface area (Å²) in [7, 11) is 0. The minimum Gasteiger partial charge on any atom is -0.352 e. The van der Waals surface area contributed by atoms with Gasteiger partial charge in [0.05, 0.1) is 5.75 Å². The first-order chi connectivity index (χ1) is 16.1. The number of hydrogen-bond donors (Lipinski definition) is 1. The van der Waals surface area contributed by atoms with Gasteiger partial charge in [-0.3, -0.25) is 9.59 Å². The molecule has 0 spiro atoms. The van der Waals surface area contributed by atoms with E-state index in [4.69, 9.17) is 11.6 Å². The Morgan fingerprint density at radius 1 is 1.06 bits per heavy atom. The highest BCUT2D eigenvalue weighted by Gasteiger charge is 2.29. The van der Waals surface area contributed by atoms with Gasteiger partial charge in [0.15, 0.2) is 0 Å². The van der Waals surface area contributed by atoms with Crippen LogP contribution in [0.4, 0.5) is 0 Å². The van der Waals surface area contributed by atoms with E-state index < -0.39 is 6.04 Å². The Balaban J connectivity index is 1.65. The van der Waals surface area contributed by atoms with Crippen LogP contribution in [0.1, 0.15) is 56.6 Å². The summed E-state index contributed by atoms with van der Waals surface area (Å²) in [6.07, 6.45) is 6.98. The zero-order valence-corrected chi connectivity index (χ0v) is 21.0. The molecule has 2 aromatic rings. The van der Waals surface area contributed by atoms with Crippen molar-refractivity contribution in [1.29, 1.82) is 0 Å². The highest BCUT2D eigenvalue weighted by atomic mass is 35.5. The van der Waals surface area contributed by atoms with Gasteiger partial charge in [-0.1, -0.05) is 86.3 Å². The fraction of sp³-hybridized carbons (Fsp3) is 0.481. The zero-order chi connectivity index (χ0) is 23.5. The molecule has 6 heteroatoms. The van der Waals surface area contributed by atoms with Crippen molar-refractivity contribution in [1.82, 2.24) is 10.2 Å². The number of halogens is 1. The van der Waals surface area contributed by atoms with Crippen LogP contribution in [0.3, 0.4) is 0 Å². The molecule has 2 amide bonds. The molecule has 1 saturated carbocycles. The van der Waals surface area contributed by atoms with E-state index in [1.54, 1.807) is 16.7 Å². The van der Waals surface area contributed by atoms with E-state index in [-0.39, 0.29) is 17.9 Å². The largest absolute Gasteiger partial charge is 0.352 e. The lowest BCUT2D eigenvalue weighted by molar-refractivity contribution is -0.139. The van der Waals surface area contributed by atoms with Crippen molar-refractivity contribution < 1.29 is 9.59 Å². The van der Waals surface area contributed by atoms with E-state index in [0.29, 0.717) is 24.5 Å². The highest BCUT2D eigenvalue weighted by Crippen LogP contribution is 2.22. The number of benzene rings is 2. The quantitative estimate of drug-likeness (QED) is 0.432. The first-order valence-electron chi connectivity index (χ1n) is 12.0. The van der Waals surface area contributed by atoms with Crippen molar-refractivity contribution in [2.45, 2.75) is 69.7 Å². The molecule has 178 valence electrons. The van der Waals surface area contributed by atoms with Gasteiger partial charge < -0.3 is 10.2 Å². The first kappa shape index (κ1) is 25.6. The van der Waals surface area contributed by atoms with Gasteiger partial charge in [0.25, 0.3) is 0 Å². The van der Waals surface area contributed by atoms with Gasteiger partial charge >= 0.3 is 0 Å². The maximum absolute atomic E-state index is 13.3. The van der Waals surface area contributed by atoms with Gasteiger partial charge in [-0.25, -0.2) is 0 Å². The molecular formula is C27H35ClN2O2S. The van der Waals surface area contributed by atoms with Crippen LogP contribution < -0.4 is 5.32 Å². The molecule has 3 rings (SSSR count). The standard InChI is InChI=1S/C27H35ClN2O2S/c1-2-25(27(32)29-23-14-7-4-8-15-23)30(18-17-21-11-5-3-6-12-21)26(31)20-33-19-22-13-9-10-16-24(22)28/h3,5-6,9-13,16,23,25H,2,4,7-8,14-15,17-20H2,1H3,(H,29,32). The number of hydrogen-bond acceptors (Lipinski definition) is 3. The van der Waals surface area contributed by atoms with Crippen molar-refractivity contribution in [2.24, 2.45) is 0 Å². The van der Waals surface area contributed by atoms with Crippen LogP contribution in [0.25, 0.3) is 0 Å². The lowest BCUT2D eigenvalue weighted by atomic mass is 9.95. The van der Waals surface area contributed by atoms with E-state index >= 15 is 0 Å². The summed E-state index contributed by atoms with van der Waals surface area (Å²) in [6.45, 7) is 2.52. The molecule has 1 aliphatic carbocycles. The summed E-state index contributed by atoms with van der Waals surface area (Å²) in [5, 5.41) is 3.95. The number of carbonyl (C=O) groups excluding carboxylic acids is 2. The SMILES string of the molecule is CCC(C(=O)NC1CCCCC1)N(CCc1ccccc1)C(=O)CSCc1ccccc1Cl. The number of nitrogens with one attached hydrogen (secondary N) is 1. The molecule has 33 heavy (non-hydrogen) atoms. The molecular weight excluding hydrogens is 452 g/mol. The molecule has 1 fully saturated rings. The third-order valence-electron chi connectivity index (χ3n) is 6.26. The Bertz CT molecular complexity index is 887. The number of nitrogens with zero attached hydrogens (tertiary/aromatic N) is 1. The molecule has 4 nitrogen and oxygen atoms in total. The first-order valence-corrected chi connectivity index (χ1v) is 13.6. The summed E-state index contributed by atoms with van der Waals surface area (Å²) in [6, 6.07) is 17.7. The Labute approximate surface area is 207 Å². The predicted molar refractivity (Wildman–Crippen MR) is 139 cm³/mol. The van der Waals surface area contributed by atoms with Crippen LogP contribution in [0, 0.1) is 0 Å². The van der Waals surface area contributed by atoms with Crippen molar-refractivity contribution in [3.8, 4) is 0 Å². The molecule has 2 aromatic carbocycles. The highest BCUT2D eigenvalue weighted by molar-refractivity contribution is 7.99. The van der Waals surface area contributed by atoms with Gasteiger partial charge in [0.1, 0.15) is 6.04 Å². The van der Waals surface area contributed by atoms with Crippen molar-refractivity contribution >= 4 is 35.2 Å². The van der Waals surface area contributed by atoms with E-state index in [2.05, 4.69) is 17.4 Å². The Hall–Kier alpha value is -1.98. The van der Waals surface area contributed by atoms with Crippen LogP contribution in [0.2, 0.25) is 5.02 Å². The Morgan fingerprint density at radius 3 is 2.45 bits per heavy atom. The van der Waals surface area contributed by atoms with Crippen LogP contribution in [-0.2, 0) is 21.8 Å². The fourth-order valence-corrected chi connectivity index (χ4v) is 5.58. The maximum Gasteiger partial charge on any atom is 0.243 e. The molecule has 0 aliphatic heterocycles. The van der Waals surface area contributed by atoms with Gasteiger partial charge in [0, 0.05) is 23.4 Å². The summed E-state index contributed by atoms with van der Waals surface area (Å²) >= 11 is 7.81. The topological polar surface area (TPSA) is 49.4 Å². The minimum atomic E-state index is -0.441. The molecule has 1 aliphatic rings. The van der Waals surface area contributed by atoms with Gasteiger partial charge in [0.2, 0.25) is 11.8 Å². The molecule has 0 saturated heterocycles. The van der Waals surface area contributed by atoms with Gasteiger partial charge in [-0.05, 0) is 42.9 Å². The summed E-state index contributed by atoms with van der Waals surface area (Å²) in [5.74, 6) is 0.992. The van der Waals surface area contributed by atoms with Gasteiger partial charge in [-0.15, -0.1) is 11.8 Å². The summed E-state index contributed by atoms with van der Waals surface area (Å²) < 4.78 is 0. The average Bonchev–Trinajstić information content (AvgIpc) is 2.84. The fourth-order valence-electron chi connectivity index (χ4n) is 4.39. The lowest BCUT2D eigenvalue weighted by Gasteiger charge is -2.32. The zero-order valence-electron chi connectivity index (χ0n) is 19.5. The minimum absolute atomic E-state index is 0.00799. The Kier molecular flexibility index (Phi) is 10.6. The second kappa shape index (κ2) is 13.7. The molecule has 0 aromatic heterocycles. The van der Waals surface area contributed by atoms with Crippen molar-refractivity contribution in [3.05, 3.63) is 70.7 Å². The number of thioether (sulfide) groups is 1. The van der Waals surface area contributed by atoms with Gasteiger partial charge in [-0.2, -0.15) is 0 Å². The molecule has 1 unspecified atom stereocenters. The number of rotatable bonds is 11. The smallest absolute Gasteiger partial charge is 0.243 e. The maximum atomic E-state index is 13.3. The molecule has 0 radical (unpaired) electrons. The molecule has 0 heterocycles. The van der Waals surface area contributed by atoms with E-state index in [1.165, 1.54) is 12.0 Å². The van der Waals surface area contributed by atoms with E-state index in [0.717, 1.165) is 42.7 Å². The third kappa shape index (κ3) is 8.08. The molecule has 1 atom stereocenters. The molecule has 0 bridgehead atoms. The van der Waals surface area contributed by atoms with E-state index in [9.17, 15) is 9.59 Å². The van der Waals surface area contributed by atoms with Crippen LogP contribution >= 0.6 is 23.4 Å². The lowest BCUT2D eigenvalue weighted by Crippen LogP contribution is -2.52. The normalized spacial score (nSPS) is 15.1. The molecule has 1 N–H and O–H groups in total. The van der Waals surface area contributed by atoms with Crippen LogP contribution in [-0.4, -0.2) is 41.1 Å². The predicted octanol–water partition coefficient (Wildman–Crippen LogP) is 5.87. The average molecular weight is 487 g/mol. The van der Waals surface area contributed by atoms with Crippen molar-refractivity contribution in [3.63, 3.8) is 0 Å². The van der Waals surface area contributed by atoms with Crippen molar-refractivity contribution in [2.75, 3.05) is 12.3 Å². The number of carbonyl (C=O) groups is 2. The second-order valence-corrected chi connectivity index (χ2v) is 10.1. The second-order valence-electron chi connectivity index (χ2n) is 8.67. The van der Waals surface area contributed by atoms with E-state index in [1.807, 2.05) is 49.4 Å². The Morgan fingerprint density at radius 2 is 1.76 bits per heavy atom. The van der Waals surface area contributed by atoms with Crippen LogP contribution in [0.5, 0.6) is 0 Å².